The van der Waals surface area contributed by atoms with Crippen LogP contribution in [0.15, 0.2) is 35.1 Å². The lowest BCUT2D eigenvalue weighted by Crippen LogP contribution is -2.29. The zero-order chi connectivity index (χ0) is 21.4. The van der Waals surface area contributed by atoms with Crippen LogP contribution in [0, 0.1) is 6.92 Å². The van der Waals surface area contributed by atoms with Crippen molar-refractivity contribution in [1.82, 2.24) is 30.0 Å². The monoisotopic (exact) mass is 434 g/mol. The molecule has 8 nitrogen and oxygen atoms in total. The van der Waals surface area contributed by atoms with Gasteiger partial charge in [-0.1, -0.05) is 23.5 Å². The van der Waals surface area contributed by atoms with Gasteiger partial charge in [0.25, 0.3) is 0 Å². The second-order valence-corrected chi connectivity index (χ2v) is 9.12. The number of aryl methyl sites for hydroxylation is 1. The van der Waals surface area contributed by atoms with Gasteiger partial charge < -0.3 is 9.32 Å². The number of aromatic nitrogens is 5. The zero-order valence-corrected chi connectivity index (χ0v) is 18.2. The number of nitrogens with zero attached hydrogens (tertiary/aromatic N) is 6. The van der Waals surface area contributed by atoms with E-state index in [-0.39, 0.29) is 18.1 Å². The predicted octanol–water partition coefficient (Wildman–Crippen LogP) is 3.68. The van der Waals surface area contributed by atoms with E-state index in [1.54, 1.807) is 6.20 Å². The molecule has 1 saturated heterocycles. The third kappa shape index (κ3) is 4.24. The molecule has 1 fully saturated rings. The number of hydrogen-bond donors (Lipinski definition) is 0. The molecule has 1 aromatic carbocycles. The number of piperidine rings is 1. The fraction of sp³-hybridized carbons (Fsp3) is 0.364. The lowest BCUT2D eigenvalue weighted by molar-refractivity contribution is 0.0986. The first-order valence-electron chi connectivity index (χ1n) is 10.3. The van der Waals surface area contributed by atoms with Crippen LogP contribution in [0.1, 0.15) is 46.0 Å². The highest BCUT2D eigenvalue weighted by molar-refractivity contribution is 7.14. The van der Waals surface area contributed by atoms with Gasteiger partial charge in [0.05, 0.1) is 11.9 Å². The van der Waals surface area contributed by atoms with E-state index in [1.165, 1.54) is 17.6 Å². The Morgan fingerprint density at radius 1 is 1.23 bits per heavy atom. The molecule has 4 heterocycles. The normalized spacial score (nSPS) is 15.5. The number of oxazole rings is 1. The van der Waals surface area contributed by atoms with E-state index in [9.17, 15) is 4.79 Å². The number of benzene rings is 1. The topological polar surface area (TPSA) is 97.9 Å². The molecule has 0 radical (unpaired) electrons. The largest absolute Gasteiger partial charge is 0.448 e. The zero-order valence-electron chi connectivity index (χ0n) is 17.4. The van der Waals surface area contributed by atoms with Gasteiger partial charge in [-0.15, -0.1) is 10.2 Å². The van der Waals surface area contributed by atoms with Gasteiger partial charge in [-0.2, -0.15) is 0 Å². The molecule has 1 aliphatic rings. The fourth-order valence-corrected chi connectivity index (χ4v) is 4.47. The lowest BCUT2D eigenvalue weighted by atomic mass is 9.97. The Labute approximate surface area is 183 Å². The lowest BCUT2D eigenvalue weighted by Gasteiger charge is -2.26. The van der Waals surface area contributed by atoms with Crippen molar-refractivity contribution in [2.45, 2.75) is 32.1 Å². The Balaban J connectivity index is 1.33. The first kappa shape index (κ1) is 19.9. The van der Waals surface area contributed by atoms with Crippen molar-refractivity contribution in [2.75, 3.05) is 20.1 Å². The molecule has 5 rings (SSSR count). The number of carbonyl (C=O) groups excluding carboxylic acids is 1. The molecule has 1 aliphatic heterocycles. The Morgan fingerprint density at radius 2 is 2.06 bits per heavy atom. The van der Waals surface area contributed by atoms with Crippen LogP contribution in [0.2, 0.25) is 0 Å². The molecular formula is C22H22N6O2S. The average Bonchev–Trinajstić information content (AvgIpc) is 3.43. The van der Waals surface area contributed by atoms with Gasteiger partial charge in [0.1, 0.15) is 27.8 Å². The van der Waals surface area contributed by atoms with Gasteiger partial charge in [0, 0.05) is 23.1 Å². The van der Waals surface area contributed by atoms with Crippen molar-refractivity contribution < 1.29 is 9.21 Å². The second-order valence-electron chi connectivity index (χ2n) is 7.93. The molecule has 0 atom stereocenters. The summed E-state index contributed by atoms with van der Waals surface area (Å²) in [6.45, 7) is 3.95. The average molecular weight is 435 g/mol. The molecule has 0 bridgehead atoms. The Kier molecular flexibility index (Phi) is 5.29. The number of carbonyl (C=O) groups is 1. The summed E-state index contributed by atoms with van der Waals surface area (Å²) < 4.78 is 5.63. The van der Waals surface area contributed by atoms with Gasteiger partial charge in [-0.3, -0.25) is 4.79 Å². The van der Waals surface area contributed by atoms with E-state index in [4.69, 9.17) is 4.42 Å². The van der Waals surface area contributed by atoms with Crippen LogP contribution < -0.4 is 0 Å². The molecule has 0 aliphatic carbocycles. The Hall–Kier alpha value is -3.04. The third-order valence-corrected chi connectivity index (χ3v) is 6.49. The van der Waals surface area contributed by atoms with Gasteiger partial charge in [0.2, 0.25) is 0 Å². The van der Waals surface area contributed by atoms with Crippen LogP contribution in [0.25, 0.3) is 21.5 Å². The molecule has 0 N–H and O–H groups in total. The van der Waals surface area contributed by atoms with Crippen molar-refractivity contribution in [2.24, 2.45) is 0 Å². The minimum absolute atomic E-state index is 0.0808. The van der Waals surface area contributed by atoms with Gasteiger partial charge >= 0.3 is 0 Å². The summed E-state index contributed by atoms with van der Waals surface area (Å²) in [7, 11) is 2.11. The number of hydrogen-bond acceptors (Lipinski definition) is 9. The fourth-order valence-electron chi connectivity index (χ4n) is 3.79. The van der Waals surface area contributed by atoms with Crippen LogP contribution in [-0.2, 0) is 6.42 Å². The van der Waals surface area contributed by atoms with Gasteiger partial charge in [-0.05, 0) is 46.0 Å². The SMILES string of the molecule is Cc1nnc(-c2ccc3cnc(CC(=O)c4coc(C5CCN(C)CC5)n4)nc3c2)s1. The smallest absolute Gasteiger partial charge is 0.197 e. The predicted molar refractivity (Wildman–Crippen MR) is 117 cm³/mol. The summed E-state index contributed by atoms with van der Waals surface area (Å²) in [6, 6.07) is 5.90. The van der Waals surface area contributed by atoms with Crippen LogP contribution in [-0.4, -0.2) is 56.0 Å². The van der Waals surface area contributed by atoms with Crippen LogP contribution in [0.4, 0.5) is 0 Å². The Morgan fingerprint density at radius 3 is 2.84 bits per heavy atom. The summed E-state index contributed by atoms with van der Waals surface area (Å²) in [5.41, 5.74) is 2.07. The van der Waals surface area contributed by atoms with Crippen LogP contribution in [0.3, 0.4) is 0 Å². The summed E-state index contributed by atoms with van der Waals surface area (Å²) in [6.07, 6.45) is 5.28. The number of Topliss-reactive ketones (excluding diaryl/α,β-unsaturated/α-hetero) is 1. The molecular weight excluding hydrogens is 412 g/mol. The van der Waals surface area contributed by atoms with E-state index in [0.29, 0.717) is 17.4 Å². The first-order chi connectivity index (χ1) is 15.0. The summed E-state index contributed by atoms with van der Waals surface area (Å²) >= 11 is 1.53. The van der Waals surface area contributed by atoms with Crippen molar-refractivity contribution in [3.8, 4) is 10.6 Å². The van der Waals surface area contributed by atoms with Crippen LogP contribution >= 0.6 is 11.3 Å². The van der Waals surface area contributed by atoms with Crippen molar-refractivity contribution in [3.05, 3.63) is 53.1 Å². The highest BCUT2D eigenvalue weighted by Crippen LogP contribution is 2.28. The Bertz CT molecular complexity index is 1240. The minimum Gasteiger partial charge on any atom is -0.448 e. The number of ketones is 1. The second kappa shape index (κ2) is 8.24. The molecule has 9 heteroatoms. The molecule has 0 spiro atoms. The molecule has 3 aromatic heterocycles. The van der Waals surface area contributed by atoms with E-state index >= 15 is 0 Å². The molecule has 0 amide bonds. The molecule has 158 valence electrons. The van der Waals surface area contributed by atoms with Gasteiger partial charge in [-0.25, -0.2) is 15.0 Å². The standard InChI is InChI=1S/C22H22N6O2S/c1-13-26-27-22(31-13)15-3-4-16-11-23-20(24-17(16)9-15)10-19(29)18-12-30-21(25-18)14-5-7-28(2)8-6-14/h3-4,9,11-12,14H,5-8,10H2,1-2H3. The van der Waals surface area contributed by atoms with E-state index in [0.717, 1.165) is 52.4 Å². The highest BCUT2D eigenvalue weighted by Gasteiger charge is 2.24. The van der Waals surface area contributed by atoms with Gasteiger partial charge in [0.15, 0.2) is 11.7 Å². The van der Waals surface area contributed by atoms with E-state index < -0.39 is 0 Å². The summed E-state index contributed by atoms with van der Waals surface area (Å²) in [5.74, 6) is 1.26. The number of rotatable bonds is 5. The minimum atomic E-state index is -0.141. The maximum absolute atomic E-state index is 12.8. The highest BCUT2D eigenvalue weighted by atomic mass is 32.1. The number of fused-ring (bicyclic) bond motifs is 1. The van der Waals surface area contributed by atoms with Crippen molar-refractivity contribution in [1.29, 1.82) is 0 Å². The number of likely N-dealkylation sites (tertiary alicyclic amines) is 1. The van der Waals surface area contributed by atoms with E-state index in [2.05, 4.69) is 37.1 Å². The molecule has 4 aromatic rings. The maximum Gasteiger partial charge on any atom is 0.197 e. The summed E-state index contributed by atoms with van der Waals surface area (Å²) in [5, 5.41) is 10.9. The first-order valence-corrected chi connectivity index (χ1v) is 11.1. The van der Waals surface area contributed by atoms with E-state index in [1.807, 2.05) is 25.1 Å². The van der Waals surface area contributed by atoms with Crippen molar-refractivity contribution in [3.63, 3.8) is 0 Å². The van der Waals surface area contributed by atoms with Crippen LogP contribution in [0.5, 0.6) is 0 Å². The maximum atomic E-state index is 12.8. The summed E-state index contributed by atoms with van der Waals surface area (Å²) in [4.78, 5) is 28.5. The van der Waals surface area contributed by atoms with Crippen molar-refractivity contribution >= 4 is 28.0 Å². The third-order valence-electron chi connectivity index (χ3n) is 5.60. The molecule has 31 heavy (non-hydrogen) atoms. The molecule has 0 unspecified atom stereocenters. The molecule has 0 saturated carbocycles. The quantitative estimate of drug-likeness (QED) is 0.439.